The first kappa shape index (κ1) is 13.9. The predicted molar refractivity (Wildman–Crippen MR) is 66.3 cm³/mol. The quantitative estimate of drug-likeness (QED) is 0.455. The number of ether oxygens (including phenoxy) is 1. The number of carbonyl (C=O) groups excluding carboxylic acids is 3. The Labute approximate surface area is 105 Å². The Balaban J connectivity index is 3.24. The van der Waals surface area contributed by atoms with Crippen molar-refractivity contribution >= 4 is 23.9 Å². The second-order valence-electron chi connectivity index (χ2n) is 3.81. The molecule has 0 unspecified atom stereocenters. The van der Waals surface area contributed by atoms with Crippen molar-refractivity contribution in [2.45, 2.75) is 13.8 Å². The van der Waals surface area contributed by atoms with Crippen LogP contribution in [0.15, 0.2) is 18.2 Å². The maximum Gasteiger partial charge on any atom is 0.397 e. The molecule has 0 spiro atoms. The minimum Gasteiger partial charge on any atom is -0.462 e. The van der Waals surface area contributed by atoms with Crippen LogP contribution < -0.4 is 4.90 Å². The number of methoxy groups -OCH3 is 1. The summed E-state index contributed by atoms with van der Waals surface area (Å²) in [6.07, 6.45) is 0.576. The topological polar surface area (TPSA) is 63.7 Å². The number of benzene rings is 1. The van der Waals surface area contributed by atoms with E-state index < -0.39 is 11.9 Å². The molecule has 0 saturated carbocycles. The number of esters is 1. The van der Waals surface area contributed by atoms with Crippen LogP contribution in [0.2, 0.25) is 0 Å². The Kier molecular flexibility index (Phi) is 4.59. The largest absolute Gasteiger partial charge is 0.462 e. The minimum atomic E-state index is -0.987. The van der Waals surface area contributed by atoms with E-state index in [1.165, 1.54) is 0 Å². The van der Waals surface area contributed by atoms with Gasteiger partial charge in [-0.3, -0.25) is 9.69 Å². The number of hydrogen-bond donors (Lipinski definition) is 0. The van der Waals surface area contributed by atoms with Crippen molar-refractivity contribution in [3.8, 4) is 0 Å². The molecule has 5 heteroatoms. The van der Waals surface area contributed by atoms with E-state index in [1.54, 1.807) is 0 Å². The summed E-state index contributed by atoms with van der Waals surface area (Å²) in [5.74, 6) is -1.83. The molecule has 0 aliphatic heterocycles. The SMILES string of the molecule is COC(=O)C(=O)N(CC=O)c1c(C)cccc1C. The van der Waals surface area contributed by atoms with Crippen LogP contribution in [0.25, 0.3) is 0 Å². The van der Waals surface area contributed by atoms with Crippen LogP contribution in [-0.4, -0.2) is 31.8 Å². The van der Waals surface area contributed by atoms with Gasteiger partial charge in [0.1, 0.15) is 6.29 Å². The highest BCUT2D eigenvalue weighted by Crippen LogP contribution is 2.24. The second kappa shape index (κ2) is 5.95. The van der Waals surface area contributed by atoms with Gasteiger partial charge in [0.25, 0.3) is 0 Å². The summed E-state index contributed by atoms with van der Waals surface area (Å²) in [7, 11) is 1.13. The Morgan fingerprint density at radius 1 is 1.28 bits per heavy atom. The van der Waals surface area contributed by atoms with Crippen LogP contribution in [-0.2, 0) is 19.1 Å². The molecule has 1 rings (SSSR count). The zero-order valence-corrected chi connectivity index (χ0v) is 10.6. The molecule has 0 aliphatic rings. The molecule has 5 nitrogen and oxygen atoms in total. The molecule has 0 bridgehead atoms. The third-order valence-electron chi connectivity index (χ3n) is 2.57. The Morgan fingerprint density at radius 2 is 1.83 bits per heavy atom. The molecule has 0 N–H and O–H groups in total. The van der Waals surface area contributed by atoms with Crippen molar-refractivity contribution in [3.63, 3.8) is 0 Å². The number of aryl methyl sites for hydroxylation is 2. The van der Waals surface area contributed by atoms with Crippen molar-refractivity contribution in [1.29, 1.82) is 0 Å². The summed E-state index contributed by atoms with van der Waals surface area (Å²) in [4.78, 5) is 35.0. The summed E-state index contributed by atoms with van der Waals surface area (Å²) in [6.45, 7) is 3.44. The molecular formula is C13H15NO4. The average molecular weight is 249 g/mol. The molecule has 0 aliphatic carbocycles. The zero-order valence-electron chi connectivity index (χ0n) is 10.6. The maximum atomic E-state index is 11.9. The first-order valence-corrected chi connectivity index (χ1v) is 5.42. The molecule has 1 aromatic carbocycles. The van der Waals surface area contributed by atoms with Crippen LogP contribution in [0.5, 0.6) is 0 Å². The number of carbonyl (C=O) groups is 3. The Morgan fingerprint density at radius 3 is 2.28 bits per heavy atom. The van der Waals surface area contributed by atoms with Gasteiger partial charge in [-0.2, -0.15) is 0 Å². The van der Waals surface area contributed by atoms with Crippen molar-refractivity contribution in [2.75, 3.05) is 18.6 Å². The fourth-order valence-corrected chi connectivity index (χ4v) is 1.78. The highest BCUT2D eigenvalue weighted by molar-refractivity contribution is 6.38. The molecule has 1 aromatic rings. The normalized spacial score (nSPS) is 9.72. The lowest BCUT2D eigenvalue weighted by molar-refractivity contribution is -0.151. The van der Waals surface area contributed by atoms with Gasteiger partial charge in [-0.05, 0) is 25.0 Å². The van der Waals surface area contributed by atoms with Gasteiger partial charge < -0.3 is 9.53 Å². The lowest BCUT2D eigenvalue weighted by Crippen LogP contribution is -2.39. The van der Waals surface area contributed by atoms with E-state index in [9.17, 15) is 14.4 Å². The van der Waals surface area contributed by atoms with Gasteiger partial charge in [-0.25, -0.2) is 4.79 Å². The van der Waals surface area contributed by atoms with Crippen molar-refractivity contribution in [3.05, 3.63) is 29.3 Å². The zero-order chi connectivity index (χ0) is 13.7. The lowest BCUT2D eigenvalue weighted by Gasteiger charge is -2.22. The van der Waals surface area contributed by atoms with E-state index in [2.05, 4.69) is 4.74 Å². The third kappa shape index (κ3) is 2.74. The van der Waals surface area contributed by atoms with Crippen molar-refractivity contribution in [1.82, 2.24) is 0 Å². The minimum absolute atomic E-state index is 0.181. The molecule has 0 saturated heterocycles. The van der Waals surface area contributed by atoms with Crippen LogP contribution in [0.3, 0.4) is 0 Å². The summed E-state index contributed by atoms with van der Waals surface area (Å²) in [6, 6.07) is 5.46. The van der Waals surface area contributed by atoms with E-state index in [4.69, 9.17) is 0 Å². The van der Waals surface area contributed by atoms with Gasteiger partial charge in [0.15, 0.2) is 0 Å². The van der Waals surface area contributed by atoms with Gasteiger partial charge in [-0.1, -0.05) is 18.2 Å². The number of amides is 1. The first-order valence-electron chi connectivity index (χ1n) is 5.42. The van der Waals surface area contributed by atoms with E-state index in [0.29, 0.717) is 12.0 Å². The van der Waals surface area contributed by atoms with Crippen molar-refractivity contribution < 1.29 is 19.1 Å². The number of hydrogen-bond acceptors (Lipinski definition) is 4. The van der Waals surface area contributed by atoms with Gasteiger partial charge in [0.05, 0.1) is 19.3 Å². The molecule has 0 fully saturated rings. The number of para-hydroxylation sites is 1. The predicted octanol–water partition coefficient (Wildman–Crippen LogP) is 1.01. The van der Waals surface area contributed by atoms with Crippen LogP contribution >= 0.6 is 0 Å². The lowest BCUT2D eigenvalue weighted by atomic mass is 10.1. The van der Waals surface area contributed by atoms with Gasteiger partial charge >= 0.3 is 11.9 Å². The van der Waals surface area contributed by atoms with Crippen LogP contribution in [0.1, 0.15) is 11.1 Å². The van der Waals surface area contributed by atoms with Crippen LogP contribution in [0, 0.1) is 13.8 Å². The van der Waals surface area contributed by atoms with Gasteiger partial charge in [-0.15, -0.1) is 0 Å². The van der Waals surface area contributed by atoms with Gasteiger partial charge in [0.2, 0.25) is 0 Å². The standard InChI is InChI=1S/C13H15NO4/c1-9-5-4-6-10(2)11(9)14(7-8-15)12(16)13(17)18-3/h4-6,8H,7H2,1-3H3. The number of rotatable bonds is 3. The average Bonchev–Trinajstić information content (AvgIpc) is 2.35. The molecule has 0 aromatic heterocycles. The highest BCUT2D eigenvalue weighted by Gasteiger charge is 2.25. The number of nitrogens with zero attached hydrogens (tertiary/aromatic N) is 1. The molecule has 0 heterocycles. The fraction of sp³-hybridized carbons (Fsp3) is 0.308. The van der Waals surface area contributed by atoms with E-state index >= 15 is 0 Å². The van der Waals surface area contributed by atoms with Crippen LogP contribution in [0.4, 0.5) is 5.69 Å². The summed E-state index contributed by atoms with van der Waals surface area (Å²) in [5.41, 5.74) is 2.20. The molecule has 96 valence electrons. The molecule has 18 heavy (non-hydrogen) atoms. The number of anilines is 1. The third-order valence-corrected chi connectivity index (χ3v) is 2.57. The monoisotopic (exact) mass is 249 g/mol. The highest BCUT2D eigenvalue weighted by atomic mass is 16.5. The maximum absolute atomic E-state index is 11.9. The van der Waals surface area contributed by atoms with E-state index in [-0.39, 0.29) is 6.54 Å². The smallest absolute Gasteiger partial charge is 0.397 e. The summed E-state index contributed by atoms with van der Waals surface area (Å²) in [5, 5.41) is 0. The first-order chi connectivity index (χ1) is 8.52. The van der Waals surface area contributed by atoms with Crippen molar-refractivity contribution in [2.24, 2.45) is 0 Å². The summed E-state index contributed by atoms with van der Waals surface area (Å²) >= 11 is 0. The van der Waals surface area contributed by atoms with E-state index in [0.717, 1.165) is 23.1 Å². The van der Waals surface area contributed by atoms with E-state index in [1.807, 2.05) is 32.0 Å². The molecule has 0 radical (unpaired) electrons. The Hall–Kier alpha value is -2.17. The fourth-order valence-electron chi connectivity index (χ4n) is 1.78. The Bertz CT molecular complexity index is 462. The van der Waals surface area contributed by atoms with Gasteiger partial charge in [0, 0.05) is 0 Å². The number of aldehydes is 1. The molecular weight excluding hydrogens is 234 g/mol. The second-order valence-corrected chi connectivity index (χ2v) is 3.81. The summed E-state index contributed by atoms with van der Waals surface area (Å²) < 4.78 is 4.39. The molecule has 0 atom stereocenters. The molecule has 1 amide bonds.